The molecule has 1 aliphatic rings. The van der Waals surface area contributed by atoms with Gasteiger partial charge in [0.05, 0.1) is 11.8 Å². The van der Waals surface area contributed by atoms with Crippen LogP contribution in [0.25, 0.3) is 0 Å². The van der Waals surface area contributed by atoms with Gasteiger partial charge in [-0.25, -0.2) is 0 Å². The Morgan fingerprint density at radius 1 is 1.62 bits per heavy atom. The minimum Gasteiger partial charge on any atom is -0.378 e. The topological polar surface area (TPSA) is 48.1 Å². The molecule has 16 heavy (non-hydrogen) atoms. The fraction of sp³-hybridized carbons (Fsp3) is 0.615. The summed E-state index contributed by atoms with van der Waals surface area (Å²) < 4.78 is 5.59. The molecule has 0 spiro atoms. The number of rotatable bonds is 4. The van der Waals surface area contributed by atoms with Crippen molar-refractivity contribution in [2.75, 3.05) is 6.61 Å². The molecule has 1 fully saturated rings. The first-order chi connectivity index (χ1) is 7.75. The number of nitrogens with two attached hydrogens (primary N) is 1. The maximum Gasteiger partial charge on any atom is 0.0576 e. The molecule has 0 saturated carbocycles. The second-order valence-corrected chi connectivity index (χ2v) is 4.58. The second kappa shape index (κ2) is 5.41. The first-order valence-corrected chi connectivity index (χ1v) is 6.05. The zero-order valence-electron chi connectivity index (χ0n) is 9.86. The van der Waals surface area contributed by atoms with E-state index in [9.17, 15) is 0 Å². The summed E-state index contributed by atoms with van der Waals surface area (Å²) in [6, 6.07) is 4.11. The van der Waals surface area contributed by atoms with E-state index in [1.54, 1.807) is 0 Å². The number of ether oxygens (including phenoxy) is 1. The van der Waals surface area contributed by atoms with Crippen LogP contribution in [0.15, 0.2) is 18.3 Å². The Morgan fingerprint density at radius 3 is 3.19 bits per heavy atom. The summed E-state index contributed by atoms with van der Waals surface area (Å²) in [5, 5.41) is 0. The highest BCUT2D eigenvalue weighted by molar-refractivity contribution is 5.16. The summed E-state index contributed by atoms with van der Waals surface area (Å²) in [6.07, 6.45) is 6.65. The van der Waals surface area contributed by atoms with Crippen LogP contribution in [0.1, 0.15) is 43.0 Å². The number of aromatic nitrogens is 1. The van der Waals surface area contributed by atoms with E-state index in [-0.39, 0.29) is 6.04 Å². The molecule has 0 amide bonds. The van der Waals surface area contributed by atoms with Crippen molar-refractivity contribution in [1.82, 2.24) is 4.98 Å². The Bertz CT molecular complexity index is 334. The van der Waals surface area contributed by atoms with Crippen molar-refractivity contribution in [2.24, 2.45) is 5.73 Å². The Morgan fingerprint density at radius 2 is 2.50 bits per heavy atom. The van der Waals surface area contributed by atoms with E-state index in [0.29, 0.717) is 6.10 Å². The fourth-order valence-electron chi connectivity index (χ4n) is 2.15. The molecule has 1 aliphatic heterocycles. The smallest absolute Gasteiger partial charge is 0.0576 e. The van der Waals surface area contributed by atoms with Gasteiger partial charge in [0.25, 0.3) is 0 Å². The van der Waals surface area contributed by atoms with Crippen molar-refractivity contribution in [3.05, 3.63) is 29.6 Å². The van der Waals surface area contributed by atoms with Gasteiger partial charge in [0.1, 0.15) is 0 Å². The lowest BCUT2D eigenvalue weighted by Crippen LogP contribution is -2.15. The van der Waals surface area contributed by atoms with Crippen molar-refractivity contribution in [3.63, 3.8) is 0 Å². The highest BCUT2D eigenvalue weighted by atomic mass is 16.5. The minimum absolute atomic E-state index is 0.0455. The van der Waals surface area contributed by atoms with Gasteiger partial charge in [-0.3, -0.25) is 4.98 Å². The molecule has 88 valence electrons. The molecular formula is C13H20N2O. The second-order valence-electron chi connectivity index (χ2n) is 4.58. The number of hydrogen-bond donors (Lipinski definition) is 1. The predicted molar refractivity (Wildman–Crippen MR) is 64.1 cm³/mol. The molecule has 1 aromatic heterocycles. The van der Waals surface area contributed by atoms with Crippen molar-refractivity contribution >= 4 is 0 Å². The van der Waals surface area contributed by atoms with E-state index in [2.05, 4.69) is 18.0 Å². The van der Waals surface area contributed by atoms with Gasteiger partial charge < -0.3 is 10.5 Å². The Kier molecular flexibility index (Phi) is 3.91. The molecule has 2 unspecified atom stereocenters. The van der Waals surface area contributed by atoms with Gasteiger partial charge in [0.2, 0.25) is 0 Å². The summed E-state index contributed by atoms with van der Waals surface area (Å²) in [6.45, 7) is 2.99. The molecular weight excluding hydrogens is 200 g/mol. The molecule has 0 aromatic carbocycles. The van der Waals surface area contributed by atoms with E-state index >= 15 is 0 Å². The normalized spacial score (nSPS) is 22.2. The SMILES string of the molecule is Cc1ccnc(C(N)CCC2CCCO2)c1. The summed E-state index contributed by atoms with van der Waals surface area (Å²) in [4.78, 5) is 4.32. The number of nitrogens with zero attached hydrogens (tertiary/aromatic N) is 1. The summed E-state index contributed by atoms with van der Waals surface area (Å²) >= 11 is 0. The monoisotopic (exact) mass is 220 g/mol. The third-order valence-corrected chi connectivity index (χ3v) is 3.14. The van der Waals surface area contributed by atoms with E-state index in [1.807, 2.05) is 12.3 Å². The molecule has 2 heterocycles. The van der Waals surface area contributed by atoms with E-state index < -0.39 is 0 Å². The number of hydrogen-bond acceptors (Lipinski definition) is 3. The lowest BCUT2D eigenvalue weighted by molar-refractivity contribution is 0.101. The van der Waals surface area contributed by atoms with Crippen LogP contribution in [0.4, 0.5) is 0 Å². The van der Waals surface area contributed by atoms with E-state index in [4.69, 9.17) is 10.5 Å². The van der Waals surface area contributed by atoms with Crippen LogP contribution in [0.3, 0.4) is 0 Å². The average molecular weight is 220 g/mol. The summed E-state index contributed by atoms with van der Waals surface area (Å²) in [7, 11) is 0. The van der Waals surface area contributed by atoms with Gasteiger partial charge >= 0.3 is 0 Å². The number of pyridine rings is 1. The van der Waals surface area contributed by atoms with Crippen LogP contribution < -0.4 is 5.73 Å². The Labute approximate surface area is 97.0 Å². The quantitative estimate of drug-likeness (QED) is 0.847. The standard InChI is InChI=1S/C13H20N2O/c1-10-6-7-15-13(9-10)12(14)5-4-11-3-2-8-16-11/h6-7,9,11-12H,2-5,8,14H2,1H3. The zero-order chi connectivity index (χ0) is 11.4. The van der Waals surface area contributed by atoms with Crippen LogP contribution in [0, 0.1) is 6.92 Å². The maximum atomic E-state index is 6.12. The molecule has 1 aromatic rings. The van der Waals surface area contributed by atoms with Crippen molar-refractivity contribution < 1.29 is 4.74 Å². The molecule has 2 rings (SSSR count). The third-order valence-electron chi connectivity index (χ3n) is 3.14. The van der Waals surface area contributed by atoms with Crippen LogP contribution in [-0.2, 0) is 4.74 Å². The summed E-state index contributed by atoms with van der Waals surface area (Å²) in [5.41, 5.74) is 8.34. The lowest BCUT2D eigenvalue weighted by atomic mass is 10.0. The van der Waals surface area contributed by atoms with Crippen molar-refractivity contribution in [1.29, 1.82) is 0 Å². The van der Waals surface area contributed by atoms with Crippen molar-refractivity contribution in [3.8, 4) is 0 Å². The van der Waals surface area contributed by atoms with Gasteiger partial charge in [0.15, 0.2) is 0 Å². The predicted octanol–water partition coefficient (Wildman–Crippen LogP) is 2.35. The van der Waals surface area contributed by atoms with E-state index in [0.717, 1.165) is 25.1 Å². The third kappa shape index (κ3) is 3.03. The Hall–Kier alpha value is -0.930. The van der Waals surface area contributed by atoms with Crippen molar-refractivity contribution in [2.45, 2.75) is 44.8 Å². The molecule has 2 atom stereocenters. The van der Waals surface area contributed by atoms with Gasteiger partial charge in [-0.05, 0) is 50.3 Å². The minimum atomic E-state index is 0.0455. The molecule has 1 saturated heterocycles. The Balaban J connectivity index is 1.85. The van der Waals surface area contributed by atoms with E-state index in [1.165, 1.54) is 18.4 Å². The van der Waals surface area contributed by atoms with Gasteiger partial charge in [0, 0.05) is 18.8 Å². The number of aryl methyl sites for hydroxylation is 1. The molecule has 0 bridgehead atoms. The zero-order valence-corrected chi connectivity index (χ0v) is 9.86. The van der Waals surface area contributed by atoms with Gasteiger partial charge in [-0.1, -0.05) is 0 Å². The lowest BCUT2D eigenvalue weighted by Gasteiger charge is -2.14. The molecule has 3 nitrogen and oxygen atoms in total. The first-order valence-electron chi connectivity index (χ1n) is 6.05. The summed E-state index contributed by atoms with van der Waals surface area (Å²) in [5.74, 6) is 0. The van der Waals surface area contributed by atoms with Crippen LogP contribution in [0.5, 0.6) is 0 Å². The molecule has 2 N–H and O–H groups in total. The first kappa shape index (κ1) is 11.6. The molecule has 0 radical (unpaired) electrons. The van der Waals surface area contributed by atoms with Crippen LogP contribution >= 0.6 is 0 Å². The largest absolute Gasteiger partial charge is 0.378 e. The average Bonchev–Trinajstić information content (AvgIpc) is 2.78. The van der Waals surface area contributed by atoms with Crippen LogP contribution in [0.2, 0.25) is 0 Å². The van der Waals surface area contributed by atoms with Gasteiger partial charge in [-0.15, -0.1) is 0 Å². The molecule has 3 heteroatoms. The molecule has 0 aliphatic carbocycles. The highest BCUT2D eigenvalue weighted by Crippen LogP contribution is 2.21. The highest BCUT2D eigenvalue weighted by Gasteiger charge is 2.17. The van der Waals surface area contributed by atoms with Crippen LogP contribution in [-0.4, -0.2) is 17.7 Å². The van der Waals surface area contributed by atoms with Gasteiger partial charge in [-0.2, -0.15) is 0 Å². The fourth-order valence-corrected chi connectivity index (χ4v) is 2.15. The maximum absolute atomic E-state index is 6.12.